The molecule has 4 aliphatic rings. The predicted molar refractivity (Wildman–Crippen MR) is 108 cm³/mol. The van der Waals surface area contributed by atoms with Crippen LogP contribution in [0.1, 0.15) is 56.2 Å². The number of imidazole rings is 1. The highest BCUT2D eigenvalue weighted by Gasteiger charge is 2.58. The van der Waals surface area contributed by atoms with Crippen molar-refractivity contribution < 1.29 is 4.79 Å². The minimum Gasteiger partial charge on any atom is -0.274 e. The molecule has 134 valence electrons. The normalized spacial score (nSPS) is 26.1. The number of carbonyl (C=O) groups is 1. The van der Waals surface area contributed by atoms with Gasteiger partial charge in [-0.2, -0.15) is 0 Å². The Hall–Kier alpha value is -3.20. The van der Waals surface area contributed by atoms with Gasteiger partial charge in [-0.3, -0.25) is 9.36 Å². The van der Waals surface area contributed by atoms with Crippen LogP contribution in [0.5, 0.6) is 0 Å². The van der Waals surface area contributed by atoms with Gasteiger partial charge in [0, 0.05) is 17.8 Å². The molecular weight excluding hydrogens is 344 g/mol. The zero-order chi connectivity index (χ0) is 18.6. The van der Waals surface area contributed by atoms with Crippen LogP contribution in [0.15, 0.2) is 66.7 Å². The van der Waals surface area contributed by atoms with E-state index in [0.29, 0.717) is 0 Å². The van der Waals surface area contributed by atoms with Crippen molar-refractivity contribution in [3.05, 3.63) is 100 Å². The third kappa shape index (κ3) is 1.54. The molecule has 2 atom stereocenters. The van der Waals surface area contributed by atoms with E-state index in [1.165, 1.54) is 22.3 Å². The molecule has 0 radical (unpaired) electrons. The number of hydrogen-bond acceptors (Lipinski definition) is 2. The molecule has 0 spiro atoms. The molecule has 2 heterocycles. The number of rotatable bonds is 0. The van der Waals surface area contributed by atoms with Crippen LogP contribution in [0.2, 0.25) is 0 Å². The summed E-state index contributed by atoms with van der Waals surface area (Å²) in [6.45, 7) is 2.07. The largest absolute Gasteiger partial charge is 0.274 e. The van der Waals surface area contributed by atoms with Crippen LogP contribution < -0.4 is 0 Å². The van der Waals surface area contributed by atoms with Gasteiger partial charge in [0.05, 0.1) is 17.0 Å². The number of carbonyl (C=O) groups excluding carboxylic acids is 1. The first-order chi connectivity index (χ1) is 13.7. The Morgan fingerprint density at radius 3 is 1.96 bits per heavy atom. The average molecular weight is 362 g/mol. The van der Waals surface area contributed by atoms with Gasteiger partial charge in [-0.05, 0) is 46.9 Å². The molecule has 8 rings (SSSR count). The summed E-state index contributed by atoms with van der Waals surface area (Å²) in [4.78, 5) is 18.7. The molecule has 0 amide bonds. The summed E-state index contributed by atoms with van der Waals surface area (Å²) in [7, 11) is 0. The fraction of sp³-hybridized carbons (Fsp3) is 0.200. The van der Waals surface area contributed by atoms with E-state index in [1.54, 1.807) is 0 Å². The summed E-state index contributed by atoms with van der Waals surface area (Å²) in [6.07, 6.45) is 0. The van der Waals surface area contributed by atoms with E-state index in [9.17, 15) is 4.79 Å². The van der Waals surface area contributed by atoms with E-state index in [2.05, 4.69) is 67.6 Å². The number of aryl methyl sites for hydroxylation is 1. The predicted octanol–water partition coefficient (Wildman–Crippen LogP) is 4.99. The molecule has 0 saturated carbocycles. The molecule has 0 unspecified atom stereocenters. The SMILES string of the molecule is Cc1ccc2nc3n(c2c1)C(=O)[C@@H]1C2c4ccccc4C(c4ccccc42)[C@H]31. The van der Waals surface area contributed by atoms with Crippen LogP contribution in [0, 0.1) is 12.8 Å². The maximum atomic E-state index is 13.7. The van der Waals surface area contributed by atoms with E-state index in [0.717, 1.165) is 22.4 Å². The highest BCUT2D eigenvalue weighted by atomic mass is 16.2. The van der Waals surface area contributed by atoms with Crippen LogP contribution in [-0.4, -0.2) is 15.5 Å². The number of nitrogens with zero attached hydrogens (tertiary/aromatic N) is 2. The molecule has 2 bridgehead atoms. The second kappa shape index (κ2) is 4.79. The Morgan fingerprint density at radius 1 is 0.786 bits per heavy atom. The van der Waals surface area contributed by atoms with Crippen LogP contribution in [-0.2, 0) is 0 Å². The Morgan fingerprint density at radius 2 is 1.36 bits per heavy atom. The van der Waals surface area contributed by atoms with Crippen molar-refractivity contribution in [1.82, 2.24) is 9.55 Å². The number of fused-ring (bicyclic) bond motifs is 3. The summed E-state index contributed by atoms with van der Waals surface area (Å²) in [5.41, 5.74) is 8.44. The molecule has 3 aliphatic carbocycles. The van der Waals surface area contributed by atoms with Crippen molar-refractivity contribution in [2.45, 2.75) is 24.7 Å². The molecule has 0 saturated heterocycles. The van der Waals surface area contributed by atoms with Gasteiger partial charge < -0.3 is 0 Å². The molecule has 0 fully saturated rings. The monoisotopic (exact) mass is 362 g/mol. The zero-order valence-corrected chi connectivity index (χ0v) is 15.5. The van der Waals surface area contributed by atoms with Crippen molar-refractivity contribution in [3.63, 3.8) is 0 Å². The lowest BCUT2D eigenvalue weighted by atomic mass is 9.55. The topological polar surface area (TPSA) is 34.9 Å². The molecular formula is C25H18N2O. The lowest BCUT2D eigenvalue weighted by molar-refractivity contribution is 0.0829. The summed E-state index contributed by atoms with van der Waals surface area (Å²) in [6, 6.07) is 23.6. The van der Waals surface area contributed by atoms with Gasteiger partial charge in [0.1, 0.15) is 5.82 Å². The second-order valence-electron chi connectivity index (χ2n) is 8.40. The van der Waals surface area contributed by atoms with Gasteiger partial charge >= 0.3 is 0 Å². The van der Waals surface area contributed by atoms with Crippen molar-refractivity contribution in [3.8, 4) is 0 Å². The standard InChI is InChI=1S/C25H18N2O/c1-13-10-11-18-19(12-13)27-24(26-18)22-20-14-6-2-4-8-16(14)21(23(22)25(27)28)17-9-5-3-7-15(17)20/h2-12,20-23H,1H3/t20?,21?,22-,23+/m0/s1. The molecule has 4 aromatic rings. The Balaban J connectivity index is 1.57. The van der Waals surface area contributed by atoms with Crippen molar-refractivity contribution in [1.29, 1.82) is 0 Å². The van der Waals surface area contributed by atoms with Crippen molar-refractivity contribution in [2.24, 2.45) is 5.92 Å². The Labute approximate surface area is 162 Å². The highest BCUT2D eigenvalue weighted by Crippen LogP contribution is 2.63. The molecule has 28 heavy (non-hydrogen) atoms. The smallest absolute Gasteiger partial charge is 0.237 e. The van der Waals surface area contributed by atoms with Gasteiger partial charge in [-0.15, -0.1) is 0 Å². The molecule has 1 aromatic heterocycles. The Kier molecular flexibility index (Phi) is 2.54. The summed E-state index contributed by atoms with van der Waals surface area (Å²) in [5, 5.41) is 0. The van der Waals surface area contributed by atoms with E-state index >= 15 is 0 Å². The molecule has 3 aromatic carbocycles. The molecule has 3 nitrogen and oxygen atoms in total. The third-order valence-electron chi connectivity index (χ3n) is 7.08. The number of hydrogen-bond donors (Lipinski definition) is 0. The first kappa shape index (κ1) is 14.8. The summed E-state index contributed by atoms with van der Waals surface area (Å²) in [5.74, 6) is 1.56. The molecule has 3 heteroatoms. The van der Waals surface area contributed by atoms with Gasteiger partial charge in [-0.1, -0.05) is 54.6 Å². The number of aromatic nitrogens is 2. The third-order valence-corrected chi connectivity index (χ3v) is 7.08. The Bertz CT molecular complexity index is 1280. The van der Waals surface area contributed by atoms with E-state index < -0.39 is 0 Å². The first-order valence-corrected chi connectivity index (χ1v) is 9.95. The van der Waals surface area contributed by atoms with Crippen LogP contribution >= 0.6 is 0 Å². The van der Waals surface area contributed by atoms with E-state index in [1.807, 2.05) is 10.6 Å². The van der Waals surface area contributed by atoms with Gasteiger partial charge in [0.25, 0.3) is 0 Å². The average Bonchev–Trinajstić information content (AvgIpc) is 3.24. The molecule has 0 N–H and O–H groups in total. The van der Waals surface area contributed by atoms with Crippen LogP contribution in [0.3, 0.4) is 0 Å². The van der Waals surface area contributed by atoms with E-state index in [4.69, 9.17) is 4.98 Å². The van der Waals surface area contributed by atoms with Crippen molar-refractivity contribution >= 4 is 16.9 Å². The minimum absolute atomic E-state index is 0.0535. The quantitative estimate of drug-likeness (QED) is 0.442. The summed E-state index contributed by atoms with van der Waals surface area (Å²) >= 11 is 0. The zero-order valence-electron chi connectivity index (χ0n) is 15.5. The minimum atomic E-state index is -0.0535. The second-order valence-corrected chi connectivity index (χ2v) is 8.40. The van der Waals surface area contributed by atoms with Gasteiger partial charge in [-0.25, -0.2) is 4.98 Å². The lowest BCUT2D eigenvalue weighted by Crippen LogP contribution is -2.39. The molecule has 1 aliphatic heterocycles. The van der Waals surface area contributed by atoms with Crippen LogP contribution in [0.4, 0.5) is 0 Å². The lowest BCUT2D eigenvalue weighted by Gasteiger charge is -2.46. The van der Waals surface area contributed by atoms with Crippen LogP contribution in [0.25, 0.3) is 11.0 Å². The highest BCUT2D eigenvalue weighted by molar-refractivity contribution is 5.98. The fourth-order valence-electron chi connectivity index (χ4n) is 6.09. The fourth-order valence-corrected chi connectivity index (χ4v) is 6.09. The van der Waals surface area contributed by atoms with Gasteiger partial charge in [0.2, 0.25) is 5.91 Å². The summed E-state index contributed by atoms with van der Waals surface area (Å²) < 4.78 is 1.93. The first-order valence-electron chi connectivity index (χ1n) is 9.95. The maximum absolute atomic E-state index is 13.7. The van der Waals surface area contributed by atoms with E-state index in [-0.39, 0.29) is 29.6 Å². The van der Waals surface area contributed by atoms with Gasteiger partial charge in [0.15, 0.2) is 0 Å². The number of benzene rings is 3. The maximum Gasteiger partial charge on any atom is 0.237 e. The van der Waals surface area contributed by atoms with Crippen molar-refractivity contribution in [2.75, 3.05) is 0 Å².